The summed E-state index contributed by atoms with van der Waals surface area (Å²) in [5.74, 6) is 0. The molecule has 4 fully saturated rings. The second-order valence-corrected chi connectivity index (χ2v) is 31.3. The molecule has 0 aliphatic heterocycles. The Labute approximate surface area is 213 Å². The summed E-state index contributed by atoms with van der Waals surface area (Å²) in [6.07, 6.45) is 22.8. The Bertz CT molecular complexity index is 628. The molecule has 4 saturated carbocycles. The Hall–Kier alpha value is 2.04. The molecule has 0 spiro atoms. The topological polar surface area (TPSA) is 0 Å². The van der Waals surface area contributed by atoms with Crippen molar-refractivity contribution in [3.8, 4) is 0 Å². The van der Waals surface area contributed by atoms with E-state index in [0.717, 1.165) is 22.6 Å². The monoisotopic (exact) mass is 560 g/mol. The number of hydrogen-bond donors (Lipinski definition) is 0. The number of rotatable bonds is 5. The van der Waals surface area contributed by atoms with Crippen LogP contribution >= 0.6 is 66.6 Å². The molecule has 0 nitrogen and oxygen atoms in total. The van der Waals surface area contributed by atoms with Crippen molar-refractivity contribution < 1.29 is 0 Å². The maximum atomic E-state index is 7.06. The molecule has 0 radical (unpaired) electrons. The van der Waals surface area contributed by atoms with Crippen molar-refractivity contribution in [1.82, 2.24) is 0 Å². The Morgan fingerprint density at radius 1 is 0.516 bits per heavy atom. The van der Waals surface area contributed by atoms with Crippen LogP contribution in [0.2, 0.25) is 0 Å². The van der Waals surface area contributed by atoms with Gasteiger partial charge in [0.15, 0.2) is 0 Å². The number of alkyl halides is 3. The van der Waals surface area contributed by atoms with Gasteiger partial charge in [-0.05, 0) is 0 Å². The summed E-state index contributed by atoms with van der Waals surface area (Å²) in [6, 6.07) is 0. The molecule has 1 heterocycles. The van der Waals surface area contributed by atoms with E-state index in [9.17, 15) is 0 Å². The van der Waals surface area contributed by atoms with Crippen LogP contribution in [0.25, 0.3) is 0 Å². The van der Waals surface area contributed by atoms with Gasteiger partial charge in [-0.15, -0.1) is 0 Å². The van der Waals surface area contributed by atoms with Crippen molar-refractivity contribution in [2.24, 2.45) is 0 Å². The van der Waals surface area contributed by atoms with Gasteiger partial charge in [0.1, 0.15) is 0 Å². The van der Waals surface area contributed by atoms with E-state index in [2.05, 4.69) is 19.9 Å². The van der Waals surface area contributed by atoms with Gasteiger partial charge in [-0.1, -0.05) is 0 Å². The summed E-state index contributed by atoms with van der Waals surface area (Å²) < 4.78 is 0. The molecule has 7 heteroatoms. The predicted octanol–water partition coefficient (Wildman–Crippen LogP) is 11.1. The van der Waals surface area contributed by atoms with Crippen molar-refractivity contribution in [3.63, 3.8) is 0 Å². The molecule has 0 saturated heterocycles. The fraction of sp³-hybridized carbons (Fsp3) is 1.00. The van der Waals surface area contributed by atoms with Crippen molar-refractivity contribution in [3.05, 3.63) is 0 Å². The molecule has 1 aromatic heterocycles. The fourth-order valence-electron chi connectivity index (χ4n) is 8.98. The average Bonchev–Trinajstić information content (AvgIpc) is 3.67. The van der Waals surface area contributed by atoms with Crippen LogP contribution < -0.4 is 0 Å². The first-order valence-corrected chi connectivity index (χ1v) is 22.4. The van der Waals surface area contributed by atoms with Crippen LogP contribution in [0.15, 0.2) is 0 Å². The van der Waals surface area contributed by atoms with Gasteiger partial charge in [0, 0.05) is 0 Å². The Balaban J connectivity index is 1.71. The Morgan fingerprint density at radius 2 is 0.871 bits per heavy atom. The molecule has 1 aromatic rings. The van der Waals surface area contributed by atoms with Gasteiger partial charge >= 0.3 is 214 Å². The molecular weight excluding hydrogens is 521 g/mol. The van der Waals surface area contributed by atoms with E-state index in [1.165, 1.54) is 109 Å². The van der Waals surface area contributed by atoms with Crippen molar-refractivity contribution in [2.75, 3.05) is 0 Å². The quantitative estimate of drug-likeness (QED) is 0.190. The summed E-state index contributed by atoms with van der Waals surface area (Å²) >= 11 is 20.9. The minimum absolute atomic E-state index is 0.0433. The molecule has 2 unspecified atom stereocenters. The average molecular weight is 562 g/mol. The second kappa shape index (κ2) is 10.2. The number of hydrogen-bond acceptors (Lipinski definition) is 2. The Kier molecular flexibility index (Phi) is 8.13. The van der Waals surface area contributed by atoms with E-state index in [4.69, 9.17) is 34.8 Å². The molecule has 5 rings (SSSR count). The normalized spacial score (nSPS) is 36.9. The SMILES string of the molecule is ClC1CC(P(C2CCCCC2)(C2CCCCC2)(C2CCCCC2)p2ss2)CC(Cl)C1Cl. The first-order chi connectivity index (χ1) is 15.1. The third-order valence-corrected chi connectivity index (χ3v) is 41.2. The summed E-state index contributed by atoms with van der Waals surface area (Å²) in [6.45, 7) is 0. The van der Waals surface area contributed by atoms with Crippen LogP contribution in [0.3, 0.4) is 0 Å². The molecule has 31 heavy (non-hydrogen) atoms. The van der Waals surface area contributed by atoms with Crippen LogP contribution in [0, 0.1) is 0 Å². The van der Waals surface area contributed by atoms with Gasteiger partial charge in [-0.25, -0.2) is 0 Å². The second-order valence-electron chi connectivity index (χ2n) is 11.2. The third kappa shape index (κ3) is 4.00. The van der Waals surface area contributed by atoms with Gasteiger partial charge in [0.05, 0.1) is 0 Å². The van der Waals surface area contributed by atoms with Crippen LogP contribution in [-0.2, 0) is 0 Å². The molecule has 180 valence electrons. The van der Waals surface area contributed by atoms with Gasteiger partial charge < -0.3 is 0 Å². The maximum absolute atomic E-state index is 7.06. The standard InChI is InChI=1S/C24H41Cl3P2S2/c25-22-16-21(17-23(26)24(22)27)29(28-30-31-28,18-10-4-1-5-11-18,19-12-6-2-7-13-19)20-14-8-3-9-15-20/h18-24H,1-17H2. The number of halogens is 3. The summed E-state index contributed by atoms with van der Waals surface area (Å²) in [4.78, 5) is 0. The van der Waals surface area contributed by atoms with Gasteiger partial charge in [-0.2, -0.15) is 0 Å². The van der Waals surface area contributed by atoms with E-state index < -0.39 is 6.29 Å². The van der Waals surface area contributed by atoms with E-state index in [0.29, 0.717) is 0 Å². The zero-order valence-corrected chi connectivity index (χ0v) is 24.6. The molecule has 0 bridgehead atoms. The molecule has 0 amide bonds. The summed E-state index contributed by atoms with van der Waals surface area (Å²) in [7, 11) is 4.74. The fourth-order valence-corrected chi connectivity index (χ4v) is 52.2. The first-order valence-electron chi connectivity index (χ1n) is 13.2. The van der Waals surface area contributed by atoms with Crippen molar-refractivity contribution >= 4 is 66.6 Å². The van der Waals surface area contributed by atoms with E-state index in [-0.39, 0.29) is 21.7 Å². The third-order valence-electron chi connectivity index (χ3n) is 10.1. The van der Waals surface area contributed by atoms with E-state index in [1.54, 1.807) is 0 Å². The molecule has 4 aliphatic carbocycles. The Morgan fingerprint density at radius 3 is 1.19 bits per heavy atom. The molecular formula is C24H41Cl3P2S2. The van der Waals surface area contributed by atoms with Crippen LogP contribution in [0.4, 0.5) is 0 Å². The van der Waals surface area contributed by atoms with Gasteiger partial charge in [0.25, 0.3) is 0 Å². The summed E-state index contributed by atoms with van der Waals surface area (Å²) in [5, 5.41) is 0.105. The van der Waals surface area contributed by atoms with Gasteiger partial charge in [-0.3, -0.25) is 0 Å². The molecule has 0 N–H and O–H groups in total. The molecule has 0 aromatic carbocycles. The van der Waals surface area contributed by atoms with E-state index >= 15 is 0 Å². The van der Waals surface area contributed by atoms with Crippen molar-refractivity contribution in [1.29, 1.82) is 0 Å². The molecule has 2 atom stereocenters. The van der Waals surface area contributed by atoms with Crippen LogP contribution in [-0.4, -0.2) is 38.8 Å². The first kappa shape index (κ1) is 24.7. The zero-order chi connectivity index (χ0) is 21.5. The zero-order valence-electron chi connectivity index (χ0n) is 18.9. The van der Waals surface area contributed by atoms with Crippen molar-refractivity contribution in [2.45, 2.75) is 148 Å². The van der Waals surface area contributed by atoms with Crippen LogP contribution in [0.5, 0.6) is 0 Å². The predicted molar refractivity (Wildman–Crippen MR) is 150 cm³/mol. The molecule has 4 aliphatic rings. The van der Waals surface area contributed by atoms with E-state index in [1.807, 2.05) is 0 Å². The minimum atomic E-state index is -2.09. The summed E-state index contributed by atoms with van der Waals surface area (Å²) in [5.41, 5.74) is 3.99. The van der Waals surface area contributed by atoms with Gasteiger partial charge in [0.2, 0.25) is 0 Å². The van der Waals surface area contributed by atoms with Crippen LogP contribution in [0.1, 0.15) is 109 Å².